The number of fused-ring (bicyclic) bond motifs is 1. The third kappa shape index (κ3) is 3.82. The first-order valence-electron chi connectivity index (χ1n) is 10.5. The number of rotatable bonds is 6. The van der Waals surface area contributed by atoms with Crippen molar-refractivity contribution < 1.29 is 9.90 Å². The topological polar surface area (TPSA) is 37.3 Å². The lowest BCUT2D eigenvalue weighted by atomic mass is 9.68. The van der Waals surface area contributed by atoms with Gasteiger partial charge < -0.3 is 5.11 Å². The highest BCUT2D eigenvalue weighted by Crippen LogP contribution is 2.45. The summed E-state index contributed by atoms with van der Waals surface area (Å²) in [5, 5.41) is 9.94. The molecule has 0 bridgehead atoms. The molecule has 2 aromatic rings. The van der Waals surface area contributed by atoms with Crippen molar-refractivity contribution in [3.63, 3.8) is 0 Å². The molecule has 1 N–H and O–H groups in total. The normalized spacial score (nSPS) is 15.8. The Kier molecular flexibility index (Phi) is 6.14. The third-order valence-electron chi connectivity index (χ3n) is 6.64. The monoisotopic (exact) mass is 396 g/mol. The zero-order valence-corrected chi connectivity index (χ0v) is 18.6. The van der Waals surface area contributed by atoms with Crippen LogP contribution in [0.2, 0.25) is 0 Å². The average molecular weight is 397 g/mol. The maximum atomic E-state index is 13.0. The van der Waals surface area contributed by atoms with Gasteiger partial charge in [0.15, 0.2) is 5.78 Å². The molecule has 0 saturated carbocycles. The molecule has 0 radical (unpaired) electrons. The summed E-state index contributed by atoms with van der Waals surface area (Å²) in [5.41, 5.74) is 5.82. The van der Waals surface area contributed by atoms with Gasteiger partial charge in [-0.3, -0.25) is 4.79 Å². The number of aromatic hydroxyl groups is 1. The largest absolute Gasteiger partial charge is 0.507 e. The Morgan fingerprint density at radius 1 is 1.14 bits per heavy atom. The van der Waals surface area contributed by atoms with Crippen molar-refractivity contribution in [3.8, 4) is 5.75 Å². The van der Waals surface area contributed by atoms with Gasteiger partial charge in [0.25, 0.3) is 0 Å². The molecule has 0 spiro atoms. The van der Waals surface area contributed by atoms with E-state index in [2.05, 4.69) is 20.8 Å². The van der Waals surface area contributed by atoms with Gasteiger partial charge in [-0.05, 0) is 91.0 Å². The molecule has 0 aliphatic heterocycles. The molecule has 3 rings (SSSR count). The van der Waals surface area contributed by atoms with Gasteiger partial charge in [0, 0.05) is 4.88 Å². The van der Waals surface area contributed by atoms with E-state index in [9.17, 15) is 9.90 Å². The van der Waals surface area contributed by atoms with Crippen LogP contribution in [0.15, 0.2) is 18.2 Å². The van der Waals surface area contributed by atoms with E-state index >= 15 is 0 Å². The predicted octanol–water partition coefficient (Wildman–Crippen LogP) is 6.82. The quantitative estimate of drug-likeness (QED) is 0.429. The van der Waals surface area contributed by atoms with E-state index in [1.807, 2.05) is 32.1 Å². The number of ketones is 1. The van der Waals surface area contributed by atoms with Crippen molar-refractivity contribution in [1.29, 1.82) is 0 Å². The van der Waals surface area contributed by atoms with E-state index < -0.39 is 0 Å². The highest BCUT2D eigenvalue weighted by atomic mass is 32.1. The molecule has 1 aliphatic rings. The van der Waals surface area contributed by atoms with E-state index in [-0.39, 0.29) is 5.78 Å². The minimum Gasteiger partial charge on any atom is -0.507 e. The Bertz CT molecular complexity index is 890. The summed E-state index contributed by atoms with van der Waals surface area (Å²) >= 11 is 1.71. The van der Waals surface area contributed by atoms with Gasteiger partial charge in [-0.25, -0.2) is 0 Å². The van der Waals surface area contributed by atoms with Crippen LogP contribution in [0.25, 0.3) is 6.08 Å². The highest BCUT2D eigenvalue weighted by molar-refractivity contribution is 7.14. The number of benzene rings is 1. The van der Waals surface area contributed by atoms with Gasteiger partial charge in [-0.1, -0.05) is 39.7 Å². The van der Waals surface area contributed by atoms with Crippen LogP contribution in [0.3, 0.4) is 0 Å². The Labute approximate surface area is 173 Å². The Balaban J connectivity index is 1.91. The van der Waals surface area contributed by atoms with E-state index in [1.54, 1.807) is 17.4 Å². The van der Waals surface area contributed by atoms with Crippen molar-refractivity contribution in [2.24, 2.45) is 5.41 Å². The van der Waals surface area contributed by atoms with E-state index in [0.29, 0.717) is 11.2 Å². The lowest BCUT2D eigenvalue weighted by Crippen LogP contribution is -2.28. The van der Waals surface area contributed by atoms with E-state index in [4.69, 9.17) is 0 Å². The first kappa shape index (κ1) is 20.9. The van der Waals surface area contributed by atoms with Gasteiger partial charge in [0.1, 0.15) is 5.75 Å². The van der Waals surface area contributed by atoms with Gasteiger partial charge >= 0.3 is 0 Å². The standard InChI is InChI=1S/C25H32O2S/c1-6-22-20-15-25(7-2,8-3)12-11-19(20)24(28-22)21(26)10-9-18-13-16(4)23(27)17(5)14-18/h9-10,13-14,27H,6-8,11-12,15H2,1-5H3. The zero-order valence-electron chi connectivity index (χ0n) is 17.8. The number of carbonyl (C=O) groups excluding carboxylic acids is 1. The number of hydrogen-bond donors (Lipinski definition) is 1. The first-order chi connectivity index (χ1) is 13.3. The summed E-state index contributed by atoms with van der Waals surface area (Å²) in [4.78, 5) is 15.4. The highest BCUT2D eigenvalue weighted by Gasteiger charge is 2.35. The third-order valence-corrected chi connectivity index (χ3v) is 8.08. The van der Waals surface area contributed by atoms with Gasteiger partial charge in [-0.2, -0.15) is 0 Å². The second-order valence-electron chi connectivity index (χ2n) is 8.25. The van der Waals surface area contributed by atoms with Crippen molar-refractivity contribution in [2.75, 3.05) is 0 Å². The van der Waals surface area contributed by atoms with Crippen LogP contribution in [0.1, 0.15) is 82.4 Å². The lowest BCUT2D eigenvalue weighted by Gasteiger charge is -2.36. The van der Waals surface area contributed by atoms with Crippen molar-refractivity contribution in [3.05, 3.63) is 55.8 Å². The molecule has 150 valence electrons. The maximum Gasteiger partial charge on any atom is 0.196 e. The molecule has 0 unspecified atom stereocenters. The van der Waals surface area contributed by atoms with Crippen LogP contribution >= 0.6 is 11.3 Å². The van der Waals surface area contributed by atoms with Crippen molar-refractivity contribution in [1.82, 2.24) is 0 Å². The molecule has 3 heteroatoms. The summed E-state index contributed by atoms with van der Waals surface area (Å²) in [6.07, 6.45) is 10.4. The molecule has 1 heterocycles. The molecule has 1 aliphatic carbocycles. The molecule has 2 nitrogen and oxygen atoms in total. The van der Waals surface area contributed by atoms with Crippen LogP contribution in [0.5, 0.6) is 5.75 Å². The Hall–Kier alpha value is -1.87. The zero-order chi connectivity index (χ0) is 20.5. The number of carbonyl (C=O) groups is 1. The maximum absolute atomic E-state index is 13.0. The van der Waals surface area contributed by atoms with E-state index in [1.165, 1.54) is 35.3 Å². The molecule has 1 aromatic carbocycles. The summed E-state index contributed by atoms with van der Waals surface area (Å²) in [6.45, 7) is 10.6. The molecular formula is C25H32O2S. The first-order valence-corrected chi connectivity index (χ1v) is 11.3. The molecule has 0 amide bonds. The van der Waals surface area contributed by atoms with Gasteiger partial charge in [0.2, 0.25) is 0 Å². The number of aryl methyl sites for hydroxylation is 3. The smallest absolute Gasteiger partial charge is 0.196 e. The SMILES string of the molecule is CCc1sc(C(=O)C=Cc2cc(C)c(O)c(C)c2)c2c1CC(CC)(CC)CC2. The minimum absolute atomic E-state index is 0.116. The van der Waals surface area contributed by atoms with E-state index in [0.717, 1.165) is 40.8 Å². The second-order valence-corrected chi connectivity index (χ2v) is 9.35. The second kappa shape index (κ2) is 8.24. The summed E-state index contributed by atoms with van der Waals surface area (Å²) in [6, 6.07) is 3.84. The molecular weight excluding hydrogens is 364 g/mol. The van der Waals surface area contributed by atoms with Crippen LogP contribution in [0, 0.1) is 19.3 Å². The summed E-state index contributed by atoms with van der Waals surface area (Å²) in [5.74, 6) is 0.448. The number of thiophene rings is 1. The van der Waals surface area contributed by atoms with Crippen LogP contribution in [-0.2, 0) is 19.3 Å². The van der Waals surface area contributed by atoms with Crippen LogP contribution in [0.4, 0.5) is 0 Å². The number of phenolic OH excluding ortho intramolecular Hbond substituents is 1. The lowest BCUT2D eigenvalue weighted by molar-refractivity contribution is 0.104. The number of allylic oxidation sites excluding steroid dienone is 1. The van der Waals surface area contributed by atoms with Crippen molar-refractivity contribution >= 4 is 23.2 Å². The summed E-state index contributed by atoms with van der Waals surface area (Å²) < 4.78 is 0. The molecule has 0 fully saturated rings. The molecule has 28 heavy (non-hydrogen) atoms. The Morgan fingerprint density at radius 2 is 1.79 bits per heavy atom. The van der Waals surface area contributed by atoms with Crippen LogP contribution in [-0.4, -0.2) is 10.9 Å². The van der Waals surface area contributed by atoms with Crippen molar-refractivity contribution in [2.45, 2.75) is 73.1 Å². The number of phenols is 1. The predicted molar refractivity (Wildman–Crippen MR) is 120 cm³/mol. The molecule has 1 aromatic heterocycles. The fourth-order valence-corrected chi connectivity index (χ4v) is 5.77. The van der Waals surface area contributed by atoms with Crippen LogP contribution < -0.4 is 0 Å². The fourth-order valence-electron chi connectivity index (χ4n) is 4.55. The molecule has 0 saturated heterocycles. The van der Waals surface area contributed by atoms with Gasteiger partial charge in [-0.15, -0.1) is 11.3 Å². The average Bonchev–Trinajstić information content (AvgIpc) is 3.07. The Morgan fingerprint density at radius 3 is 2.36 bits per heavy atom. The minimum atomic E-state index is 0.116. The fraction of sp³-hybridized carbons (Fsp3) is 0.480. The van der Waals surface area contributed by atoms with Gasteiger partial charge in [0.05, 0.1) is 4.88 Å². The molecule has 0 atom stereocenters. The number of hydrogen-bond acceptors (Lipinski definition) is 3. The summed E-state index contributed by atoms with van der Waals surface area (Å²) in [7, 11) is 0.